The van der Waals surface area contributed by atoms with Crippen LogP contribution in [-0.2, 0) is 10.2 Å². The molecule has 1 saturated heterocycles. The number of methoxy groups -OCH3 is 2. The molecule has 0 spiro atoms. The van der Waals surface area contributed by atoms with Crippen LogP contribution in [0.4, 0.5) is 5.82 Å². The zero-order valence-corrected chi connectivity index (χ0v) is 22.7. The number of nitrogen functional groups attached to an aromatic ring is 1. The molecule has 3 aromatic carbocycles. The molecule has 0 aliphatic carbocycles. The molecule has 4 N–H and O–H groups in total. The zero-order valence-electron chi connectivity index (χ0n) is 22.7. The van der Waals surface area contributed by atoms with Crippen molar-refractivity contribution in [3.8, 4) is 11.5 Å². The summed E-state index contributed by atoms with van der Waals surface area (Å²) in [7, 11) is 3.26. The number of imidazole rings is 1. The number of nitrogens with two attached hydrogens (primary N) is 1. The summed E-state index contributed by atoms with van der Waals surface area (Å²) < 4.78 is 18.6. The van der Waals surface area contributed by atoms with Gasteiger partial charge in [-0.05, 0) is 41.0 Å². The number of aromatic nitrogens is 4. The minimum atomic E-state index is -0.999. The number of anilines is 1. The van der Waals surface area contributed by atoms with E-state index in [9.17, 15) is 10.2 Å². The van der Waals surface area contributed by atoms with E-state index in [0.717, 1.165) is 28.2 Å². The lowest BCUT2D eigenvalue weighted by molar-refractivity contribution is -0.0432. The van der Waals surface area contributed by atoms with Gasteiger partial charge in [0.25, 0.3) is 0 Å². The molecular formula is C31H31N5O5. The summed E-state index contributed by atoms with van der Waals surface area (Å²) in [5.74, 6) is 2.08. The van der Waals surface area contributed by atoms with E-state index in [2.05, 4.69) is 4.98 Å². The summed E-state index contributed by atoms with van der Waals surface area (Å²) in [4.78, 5) is 14.5. The second-order valence-corrected chi connectivity index (χ2v) is 9.94. The molecule has 1 fully saturated rings. The third-order valence-electron chi connectivity index (χ3n) is 7.73. The highest BCUT2D eigenvalue weighted by molar-refractivity contribution is 5.82. The average Bonchev–Trinajstić information content (AvgIpc) is 3.62. The number of benzene rings is 3. The van der Waals surface area contributed by atoms with Crippen LogP contribution in [0.2, 0.25) is 0 Å². The van der Waals surface area contributed by atoms with Gasteiger partial charge >= 0.3 is 0 Å². The van der Waals surface area contributed by atoms with E-state index in [0.29, 0.717) is 17.0 Å². The van der Waals surface area contributed by atoms with Crippen LogP contribution in [0.25, 0.3) is 11.2 Å². The van der Waals surface area contributed by atoms with E-state index in [1.54, 1.807) is 25.1 Å². The van der Waals surface area contributed by atoms with Crippen molar-refractivity contribution >= 4 is 17.0 Å². The van der Waals surface area contributed by atoms with Gasteiger partial charge in [0.1, 0.15) is 34.8 Å². The van der Waals surface area contributed by atoms with Crippen LogP contribution in [0.5, 0.6) is 11.5 Å². The molecule has 210 valence electrons. The lowest BCUT2D eigenvalue weighted by atomic mass is 9.68. The van der Waals surface area contributed by atoms with Crippen LogP contribution in [0.3, 0.4) is 0 Å². The number of aliphatic hydroxyl groups is 2. The van der Waals surface area contributed by atoms with Gasteiger partial charge in [0.15, 0.2) is 17.3 Å². The highest BCUT2D eigenvalue weighted by Crippen LogP contribution is 2.45. The average molecular weight is 554 g/mol. The molecule has 10 nitrogen and oxygen atoms in total. The van der Waals surface area contributed by atoms with Crippen molar-refractivity contribution < 1.29 is 24.4 Å². The fraction of sp³-hybridized carbons (Fsp3) is 0.258. The van der Waals surface area contributed by atoms with Gasteiger partial charge in [-0.2, -0.15) is 0 Å². The Kier molecular flexibility index (Phi) is 7.04. The quantitative estimate of drug-likeness (QED) is 0.247. The predicted octanol–water partition coefficient (Wildman–Crippen LogP) is 3.45. The molecule has 1 aliphatic rings. The van der Waals surface area contributed by atoms with Crippen molar-refractivity contribution in [2.75, 3.05) is 26.6 Å². The lowest BCUT2D eigenvalue weighted by Gasteiger charge is -2.35. The molecule has 3 heterocycles. The standard InChI is InChI=1S/C31H31N5O5/c1-39-22-12-8-20(9-13-22)31(19-6-4-3-5-7-19,21-10-14-23(40-2)15-11-21)30-34-28(32)27-29(35-30)36(18-33-27)26-16-24(38)25(17-37)41-26/h3-15,18,24-26,37-38H,16-17H2,1-2H3,(H2,32,34,35)/t24?,25-,26-/m1/s1. The topological polar surface area (TPSA) is 138 Å². The van der Waals surface area contributed by atoms with Gasteiger partial charge in [0, 0.05) is 6.42 Å². The number of hydrogen-bond acceptors (Lipinski definition) is 9. The van der Waals surface area contributed by atoms with Crippen molar-refractivity contribution in [2.24, 2.45) is 0 Å². The summed E-state index contributed by atoms with van der Waals surface area (Å²) in [6, 6.07) is 25.6. The summed E-state index contributed by atoms with van der Waals surface area (Å²) >= 11 is 0. The normalized spacial score (nSPS) is 19.0. The van der Waals surface area contributed by atoms with Crippen molar-refractivity contribution in [1.29, 1.82) is 0 Å². The van der Waals surface area contributed by atoms with Crippen LogP contribution >= 0.6 is 0 Å². The Bertz CT molecular complexity index is 1590. The molecule has 2 aromatic heterocycles. The van der Waals surface area contributed by atoms with E-state index >= 15 is 0 Å². The number of fused-ring (bicyclic) bond motifs is 1. The molecule has 0 amide bonds. The Labute approximate surface area is 237 Å². The van der Waals surface area contributed by atoms with Gasteiger partial charge in [0.2, 0.25) is 0 Å². The molecule has 1 unspecified atom stereocenters. The van der Waals surface area contributed by atoms with Crippen molar-refractivity contribution in [3.63, 3.8) is 0 Å². The van der Waals surface area contributed by atoms with Gasteiger partial charge < -0.3 is 30.2 Å². The minimum Gasteiger partial charge on any atom is -0.497 e. The molecule has 0 bridgehead atoms. The molecule has 41 heavy (non-hydrogen) atoms. The van der Waals surface area contributed by atoms with Crippen molar-refractivity contribution in [3.05, 3.63) is 108 Å². The molecule has 1 aliphatic heterocycles. The first-order chi connectivity index (χ1) is 20.0. The number of hydrogen-bond donors (Lipinski definition) is 3. The Balaban J connectivity index is 1.65. The summed E-state index contributed by atoms with van der Waals surface area (Å²) in [6.07, 6.45) is -0.234. The molecule has 0 radical (unpaired) electrons. The van der Waals surface area contributed by atoms with Crippen LogP contribution in [-0.4, -0.2) is 62.8 Å². The monoisotopic (exact) mass is 553 g/mol. The fourth-order valence-corrected chi connectivity index (χ4v) is 5.62. The number of nitrogens with zero attached hydrogens (tertiary/aromatic N) is 4. The van der Waals surface area contributed by atoms with Gasteiger partial charge in [0.05, 0.1) is 33.3 Å². The molecule has 0 saturated carbocycles. The van der Waals surface area contributed by atoms with E-state index in [4.69, 9.17) is 29.9 Å². The van der Waals surface area contributed by atoms with Gasteiger partial charge in [-0.1, -0.05) is 54.6 Å². The van der Waals surface area contributed by atoms with Gasteiger partial charge in [-0.25, -0.2) is 15.0 Å². The Hall–Kier alpha value is -4.51. The summed E-state index contributed by atoms with van der Waals surface area (Å²) in [5, 5.41) is 20.0. The second-order valence-electron chi connectivity index (χ2n) is 9.94. The maximum Gasteiger partial charge on any atom is 0.167 e. The third-order valence-corrected chi connectivity index (χ3v) is 7.73. The van der Waals surface area contributed by atoms with Crippen LogP contribution in [0.15, 0.2) is 85.2 Å². The SMILES string of the molecule is COc1ccc(C(c2ccccc2)(c2ccc(OC)cc2)c2nc(N)c3ncn([C@H]4CC(O)[C@@H](CO)O4)c3n2)cc1. The zero-order chi connectivity index (χ0) is 28.6. The second kappa shape index (κ2) is 10.8. The fourth-order valence-electron chi connectivity index (χ4n) is 5.62. The van der Waals surface area contributed by atoms with E-state index in [1.165, 1.54) is 0 Å². The Morgan fingerprint density at radius 1 is 0.902 bits per heavy atom. The number of aliphatic hydroxyl groups excluding tert-OH is 2. The largest absolute Gasteiger partial charge is 0.497 e. The predicted molar refractivity (Wildman–Crippen MR) is 153 cm³/mol. The highest BCUT2D eigenvalue weighted by Gasteiger charge is 2.43. The molecule has 6 rings (SSSR count). The molecular weight excluding hydrogens is 522 g/mol. The molecule has 5 aromatic rings. The Morgan fingerprint density at radius 3 is 2.02 bits per heavy atom. The van der Waals surface area contributed by atoms with Gasteiger partial charge in [-0.3, -0.25) is 4.57 Å². The first kappa shape index (κ1) is 26.7. The van der Waals surface area contributed by atoms with Gasteiger partial charge in [-0.15, -0.1) is 0 Å². The van der Waals surface area contributed by atoms with Crippen LogP contribution in [0, 0.1) is 0 Å². The maximum atomic E-state index is 10.4. The Morgan fingerprint density at radius 2 is 1.49 bits per heavy atom. The highest BCUT2D eigenvalue weighted by atomic mass is 16.5. The van der Waals surface area contributed by atoms with E-state index in [1.807, 2.05) is 78.9 Å². The van der Waals surface area contributed by atoms with Crippen molar-refractivity contribution in [1.82, 2.24) is 19.5 Å². The van der Waals surface area contributed by atoms with E-state index < -0.39 is 23.9 Å². The maximum absolute atomic E-state index is 10.4. The number of ether oxygens (including phenoxy) is 3. The van der Waals surface area contributed by atoms with Crippen LogP contribution < -0.4 is 15.2 Å². The summed E-state index contributed by atoms with van der Waals surface area (Å²) in [6.45, 7) is -0.293. The number of rotatable bonds is 8. The first-order valence-electron chi connectivity index (χ1n) is 13.3. The van der Waals surface area contributed by atoms with Crippen LogP contribution in [0.1, 0.15) is 35.2 Å². The lowest BCUT2D eigenvalue weighted by Crippen LogP contribution is -2.33. The van der Waals surface area contributed by atoms with E-state index in [-0.39, 0.29) is 18.8 Å². The first-order valence-corrected chi connectivity index (χ1v) is 13.3. The third kappa shape index (κ3) is 4.46. The molecule has 3 atom stereocenters. The smallest absolute Gasteiger partial charge is 0.167 e. The minimum absolute atomic E-state index is 0.211. The van der Waals surface area contributed by atoms with Crippen molar-refractivity contribution in [2.45, 2.75) is 30.3 Å². The molecule has 10 heteroatoms. The summed E-state index contributed by atoms with van der Waals surface area (Å²) in [5.41, 5.74) is 9.18.